The Morgan fingerprint density at radius 2 is 2.23 bits per heavy atom. The molecule has 6 heteroatoms. The lowest BCUT2D eigenvalue weighted by molar-refractivity contribution is -0.141. The van der Waals surface area contributed by atoms with Crippen molar-refractivity contribution < 1.29 is 14.0 Å². The Bertz CT molecular complexity index is 865. The number of hydrogen-bond donors (Lipinski definition) is 0. The van der Waals surface area contributed by atoms with E-state index < -0.39 is 6.04 Å². The number of amides is 2. The number of rotatable bonds is 5. The van der Waals surface area contributed by atoms with Gasteiger partial charge >= 0.3 is 0 Å². The third-order valence-electron chi connectivity index (χ3n) is 4.77. The van der Waals surface area contributed by atoms with Crippen LogP contribution in [0.4, 0.5) is 0 Å². The summed E-state index contributed by atoms with van der Waals surface area (Å²) in [5.74, 6) is 0.684. The van der Waals surface area contributed by atoms with Gasteiger partial charge in [-0.3, -0.25) is 9.59 Å². The van der Waals surface area contributed by atoms with E-state index >= 15 is 0 Å². The van der Waals surface area contributed by atoms with Gasteiger partial charge in [0.05, 0.1) is 17.9 Å². The van der Waals surface area contributed by atoms with Crippen LogP contribution in [0.1, 0.15) is 35.3 Å². The first kappa shape index (κ1) is 17.7. The average Bonchev–Trinajstić information content (AvgIpc) is 3.21. The van der Waals surface area contributed by atoms with Crippen LogP contribution in [0, 0.1) is 18.3 Å². The minimum Gasteiger partial charge on any atom is -0.469 e. The van der Waals surface area contributed by atoms with Gasteiger partial charge in [0.1, 0.15) is 11.8 Å². The number of carbonyl (C=O) groups excluding carboxylic acids is 2. The molecule has 1 saturated heterocycles. The molecule has 3 rings (SSSR count). The molecule has 2 heterocycles. The number of likely N-dealkylation sites (N-methyl/N-ethyl adjacent to an activating group) is 1. The van der Waals surface area contributed by atoms with Crippen molar-refractivity contribution in [2.24, 2.45) is 0 Å². The highest BCUT2D eigenvalue weighted by Crippen LogP contribution is 2.24. The van der Waals surface area contributed by atoms with Gasteiger partial charge in [0.25, 0.3) is 0 Å². The molecular weight excluding hydrogens is 330 g/mol. The third-order valence-corrected chi connectivity index (χ3v) is 4.77. The highest BCUT2D eigenvalue weighted by atomic mass is 16.3. The van der Waals surface area contributed by atoms with Crippen molar-refractivity contribution in [1.29, 1.82) is 5.26 Å². The van der Waals surface area contributed by atoms with Crippen LogP contribution in [-0.2, 0) is 22.7 Å². The summed E-state index contributed by atoms with van der Waals surface area (Å²) in [5, 5.41) is 9.03. The second-order valence-corrected chi connectivity index (χ2v) is 6.58. The van der Waals surface area contributed by atoms with E-state index in [9.17, 15) is 9.59 Å². The van der Waals surface area contributed by atoms with Crippen LogP contribution in [0.3, 0.4) is 0 Å². The first-order valence-corrected chi connectivity index (χ1v) is 8.56. The zero-order valence-corrected chi connectivity index (χ0v) is 14.9. The fourth-order valence-electron chi connectivity index (χ4n) is 3.29. The molecule has 1 aliphatic heterocycles. The lowest BCUT2D eigenvalue weighted by atomic mass is 10.1. The van der Waals surface area contributed by atoms with Crippen LogP contribution in [0.2, 0.25) is 0 Å². The Morgan fingerprint density at radius 1 is 1.42 bits per heavy atom. The van der Waals surface area contributed by atoms with E-state index in [4.69, 9.17) is 9.68 Å². The first-order chi connectivity index (χ1) is 12.5. The van der Waals surface area contributed by atoms with Gasteiger partial charge in [-0.2, -0.15) is 5.26 Å². The largest absolute Gasteiger partial charge is 0.469 e. The van der Waals surface area contributed by atoms with Crippen molar-refractivity contribution >= 4 is 11.8 Å². The van der Waals surface area contributed by atoms with Crippen LogP contribution >= 0.6 is 0 Å². The topological polar surface area (TPSA) is 77.6 Å². The Labute approximate surface area is 152 Å². The molecule has 0 aliphatic carbocycles. The summed E-state index contributed by atoms with van der Waals surface area (Å²) in [5.41, 5.74) is 2.36. The summed E-state index contributed by atoms with van der Waals surface area (Å²) in [4.78, 5) is 28.5. The smallest absolute Gasteiger partial charge is 0.245 e. The molecule has 1 aliphatic rings. The van der Waals surface area contributed by atoms with E-state index in [2.05, 4.69) is 6.07 Å². The maximum atomic E-state index is 12.9. The molecule has 0 radical (unpaired) electrons. The number of carbonyl (C=O) groups is 2. The fraction of sp³-hybridized carbons (Fsp3) is 0.350. The fourth-order valence-corrected chi connectivity index (χ4v) is 3.29. The zero-order chi connectivity index (χ0) is 18.7. The van der Waals surface area contributed by atoms with Gasteiger partial charge in [-0.1, -0.05) is 12.1 Å². The standard InChI is InChI=1S/C20H21N3O3/c1-14-17(8-9-26-14)13-22(2)20(25)18-6-7-19(24)23(18)12-16-5-3-4-15(10-16)11-21/h3-5,8-10,18H,6-7,12-13H2,1-2H3. The Hall–Kier alpha value is -3.07. The molecule has 0 N–H and O–H groups in total. The molecule has 0 saturated carbocycles. The predicted octanol–water partition coefficient (Wildman–Crippen LogP) is 2.61. The number of likely N-dealkylation sites (tertiary alicyclic amines) is 1. The minimum absolute atomic E-state index is 0.0291. The quantitative estimate of drug-likeness (QED) is 0.829. The SMILES string of the molecule is Cc1occc1CN(C)C(=O)C1CCC(=O)N1Cc1cccc(C#N)c1. The molecule has 1 fully saturated rings. The van der Waals surface area contributed by atoms with E-state index in [0.717, 1.165) is 16.9 Å². The Balaban J connectivity index is 1.73. The average molecular weight is 351 g/mol. The first-order valence-electron chi connectivity index (χ1n) is 8.56. The number of nitrogens with zero attached hydrogens (tertiary/aromatic N) is 3. The molecule has 0 bridgehead atoms. The van der Waals surface area contributed by atoms with Crippen LogP contribution in [-0.4, -0.2) is 34.7 Å². The summed E-state index contributed by atoms with van der Waals surface area (Å²) < 4.78 is 5.28. The summed E-state index contributed by atoms with van der Waals surface area (Å²) in [7, 11) is 1.74. The monoisotopic (exact) mass is 351 g/mol. The van der Waals surface area contributed by atoms with Gasteiger partial charge in [0.2, 0.25) is 11.8 Å². The van der Waals surface area contributed by atoms with Crippen LogP contribution in [0.15, 0.2) is 41.0 Å². The summed E-state index contributed by atoms with van der Waals surface area (Å²) in [6.45, 7) is 2.65. The van der Waals surface area contributed by atoms with E-state index in [0.29, 0.717) is 31.5 Å². The molecule has 1 aromatic carbocycles. The van der Waals surface area contributed by atoms with Crippen molar-refractivity contribution in [2.45, 2.75) is 38.9 Å². The molecular formula is C20H21N3O3. The van der Waals surface area contributed by atoms with Crippen LogP contribution in [0.5, 0.6) is 0 Å². The Morgan fingerprint density at radius 3 is 2.92 bits per heavy atom. The molecule has 1 unspecified atom stereocenters. The maximum absolute atomic E-state index is 12.9. The molecule has 2 amide bonds. The summed E-state index contributed by atoms with van der Waals surface area (Å²) in [6.07, 6.45) is 2.49. The number of furan rings is 1. The molecule has 1 atom stereocenters. The molecule has 6 nitrogen and oxygen atoms in total. The van der Waals surface area contributed by atoms with Gasteiger partial charge in [0.15, 0.2) is 0 Å². The number of aryl methyl sites for hydroxylation is 1. The van der Waals surface area contributed by atoms with Crippen molar-refractivity contribution in [3.63, 3.8) is 0 Å². The molecule has 26 heavy (non-hydrogen) atoms. The Kier molecular flexibility index (Phi) is 5.08. The van der Waals surface area contributed by atoms with Gasteiger partial charge in [-0.05, 0) is 37.1 Å². The molecule has 134 valence electrons. The van der Waals surface area contributed by atoms with E-state index in [1.54, 1.807) is 41.3 Å². The van der Waals surface area contributed by atoms with E-state index in [1.165, 1.54) is 0 Å². The second-order valence-electron chi connectivity index (χ2n) is 6.58. The van der Waals surface area contributed by atoms with Crippen molar-refractivity contribution in [1.82, 2.24) is 9.80 Å². The summed E-state index contributed by atoms with van der Waals surface area (Å²) >= 11 is 0. The van der Waals surface area contributed by atoms with Gasteiger partial charge < -0.3 is 14.2 Å². The van der Waals surface area contributed by atoms with Crippen molar-refractivity contribution in [3.8, 4) is 6.07 Å². The zero-order valence-electron chi connectivity index (χ0n) is 14.9. The molecule has 2 aromatic rings. The van der Waals surface area contributed by atoms with Gasteiger partial charge in [-0.25, -0.2) is 0 Å². The van der Waals surface area contributed by atoms with E-state index in [1.807, 2.05) is 19.1 Å². The van der Waals surface area contributed by atoms with Gasteiger partial charge in [-0.15, -0.1) is 0 Å². The van der Waals surface area contributed by atoms with Gasteiger partial charge in [0, 0.05) is 32.1 Å². The molecule has 0 spiro atoms. The second kappa shape index (κ2) is 7.44. The normalized spacial score (nSPS) is 16.6. The lowest BCUT2D eigenvalue weighted by Gasteiger charge is -2.28. The highest BCUT2D eigenvalue weighted by Gasteiger charge is 2.37. The maximum Gasteiger partial charge on any atom is 0.245 e. The third kappa shape index (κ3) is 3.62. The van der Waals surface area contributed by atoms with Crippen LogP contribution in [0.25, 0.3) is 0 Å². The number of nitriles is 1. The minimum atomic E-state index is -0.467. The number of hydrogen-bond acceptors (Lipinski definition) is 4. The highest BCUT2D eigenvalue weighted by molar-refractivity contribution is 5.90. The van der Waals surface area contributed by atoms with Crippen molar-refractivity contribution in [3.05, 3.63) is 59.0 Å². The lowest BCUT2D eigenvalue weighted by Crippen LogP contribution is -2.44. The van der Waals surface area contributed by atoms with Crippen LogP contribution < -0.4 is 0 Å². The van der Waals surface area contributed by atoms with E-state index in [-0.39, 0.29) is 11.8 Å². The molecule has 1 aromatic heterocycles. The summed E-state index contributed by atoms with van der Waals surface area (Å²) in [6, 6.07) is 10.6. The van der Waals surface area contributed by atoms with Crippen molar-refractivity contribution in [2.75, 3.05) is 7.05 Å². The number of benzene rings is 1. The predicted molar refractivity (Wildman–Crippen MR) is 94.6 cm³/mol.